The van der Waals surface area contributed by atoms with E-state index in [1.54, 1.807) is 6.20 Å². The molecule has 0 aliphatic carbocycles. The van der Waals surface area contributed by atoms with Crippen molar-refractivity contribution in [2.45, 2.75) is 33.6 Å². The van der Waals surface area contributed by atoms with Crippen molar-refractivity contribution >= 4 is 0 Å². The molecule has 0 spiro atoms. The molecule has 0 bridgehead atoms. The van der Waals surface area contributed by atoms with Crippen LogP contribution in [-0.2, 0) is 0 Å². The van der Waals surface area contributed by atoms with Gasteiger partial charge >= 0.3 is 0 Å². The maximum absolute atomic E-state index is 4.69. The van der Waals surface area contributed by atoms with Crippen LogP contribution in [0.2, 0.25) is 0 Å². The molecule has 2 rings (SSSR count). The lowest BCUT2D eigenvalue weighted by Crippen LogP contribution is -2.17. The lowest BCUT2D eigenvalue weighted by Gasteiger charge is -2.17. The minimum absolute atomic E-state index is 0.407. The number of hydrogen-bond acceptors (Lipinski definition) is 4. The smallest absolute Gasteiger partial charge is 0.161 e. The highest BCUT2D eigenvalue weighted by Gasteiger charge is 2.16. The number of aromatic nitrogens is 3. The third-order valence-electron chi connectivity index (χ3n) is 3.61. The largest absolute Gasteiger partial charge is 0.319 e. The highest BCUT2D eigenvalue weighted by atomic mass is 14.9. The van der Waals surface area contributed by atoms with E-state index < -0.39 is 0 Å². The molecule has 0 aliphatic rings. The number of hydrogen-bond donors (Lipinski definition) is 1. The molecule has 0 aromatic carbocycles. The van der Waals surface area contributed by atoms with E-state index in [2.05, 4.69) is 48.0 Å². The summed E-state index contributed by atoms with van der Waals surface area (Å²) in [5.41, 5.74) is 5.50. The zero-order chi connectivity index (χ0) is 14.7. The minimum Gasteiger partial charge on any atom is -0.319 e. The van der Waals surface area contributed by atoms with E-state index in [0.717, 1.165) is 34.9 Å². The topological polar surface area (TPSA) is 50.7 Å². The van der Waals surface area contributed by atoms with Gasteiger partial charge in [-0.1, -0.05) is 6.92 Å². The van der Waals surface area contributed by atoms with E-state index >= 15 is 0 Å². The summed E-state index contributed by atoms with van der Waals surface area (Å²) in [6, 6.07) is 1.99. The van der Waals surface area contributed by atoms with Gasteiger partial charge in [0, 0.05) is 35.9 Å². The molecule has 20 heavy (non-hydrogen) atoms. The predicted molar refractivity (Wildman–Crippen MR) is 81.8 cm³/mol. The Bertz CT molecular complexity index is 584. The molecule has 1 unspecified atom stereocenters. The average Bonchev–Trinajstić information content (AvgIpc) is 2.38. The Morgan fingerprint density at radius 3 is 2.35 bits per heavy atom. The summed E-state index contributed by atoms with van der Waals surface area (Å²) in [4.78, 5) is 13.6. The summed E-state index contributed by atoms with van der Waals surface area (Å²) < 4.78 is 0. The molecule has 4 nitrogen and oxygen atoms in total. The van der Waals surface area contributed by atoms with Crippen molar-refractivity contribution in [2.24, 2.45) is 0 Å². The van der Waals surface area contributed by atoms with Crippen LogP contribution in [0.4, 0.5) is 0 Å². The Balaban J connectivity index is 2.48. The van der Waals surface area contributed by atoms with E-state index in [-0.39, 0.29) is 0 Å². The number of likely N-dealkylation sites (N-methyl/N-ethyl adjacent to an activating group) is 1. The number of aryl methyl sites for hydroxylation is 3. The third kappa shape index (κ3) is 2.85. The Kier molecular flexibility index (Phi) is 4.45. The molecule has 1 atom stereocenters. The van der Waals surface area contributed by atoms with E-state index in [1.807, 2.05) is 19.3 Å². The lowest BCUT2D eigenvalue weighted by atomic mass is 9.97. The van der Waals surface area contributed by atoms with Crippen molar-refractivity contribution in [3.05, 3.63) is 41.0 Å². The van der Waals surface area contributed by atoms with Crippen LogP contribution in [0.15, 0.2) is 18.5 Å². The van der Waals surface area contributed by atoms with E-state index in [9.17, 15) is 0 Å². The average molecular weight is 270 g/mol. The fourth-order valence-electron chi connectivity index (χ4n) is 2.66. The van der Waals surface area contributed by atoms with Crippen molar-refractivity contribution in [2.75, 3.05) is 13.6 Å². The van der Waals surface area contributed by atoms with Gasteiger partial charge in [-0.25, -0.2) is 9.97 Å². The summed E-state index contributed by atoms with van der Waals surface area (Å²) in [7, 11) is 1.97. The molecule has 106 valence electrons. The first-order valence-electron chi connectivity index (χ1n) is 6.95. The summed E-state index contributed by atoms with van der Waals surface area (Å²) in [5, 5.41) is 3.21. The van der Waals surface area contributed by atoms with E-state index in [0.29, 0.717) is 5.92 Å². The zero-order valence-corrected chi connectivity index (χ0v) is 12.9. The normalized spacial score (nSPS) is 12.4. The zero-order valence-electron chi connectivity index (χ0n) is 12.9. The first kappa shape index (κ1) is 14.6. The molecule has 4 heteroatoms. The van der Waals surface area contributed by atoms with E-state index in [1.165, 1.54) is 5.56 Å². The molecule has 0 fully saturated rings. The first-order valence-corrected chi connectivity index (χ1v) is 6.95. The Hall–Kier alpha value is -1.81. The molecule has 2 aromatic heterocycles. The second kappa shape index (κ2) is 6.09. The van der Waals surface area contributed by atoms with Crippen molar-refractivity contribution in [3.8, 4) is 11.4 Å². The molecule has 0 saturated heterocycles. The van der Waals surface area contributed by atoms with Crippen LogP contribution < -0.4 is 5.32 Å². The summed E-state index contributed by atoms with van der Waals surface area (Å²) in [6.45, 7) is 9.31. The molecule has 2 aromatic rings. The predicted octanol–water partition coefficient (Wildman–Crippen LogP) is 2.79. The second-order valence-corrected chi connectivity index (χ2v) is 5.28. The minimum atomic E-state index is 0.407. The molecule has 2 heterocycles. The van der Waals surface area contributed by atoms with Gasteiger partial charge in [0.05, 0.1) is 0 Å². The van der Waals surface area contributed by atoms with Crippen molar-refractivity contribution in [3.63, 3.8) is 0 Å². The maximum atomic E-state index is 4.69. The summed E-state index contributed by atoms with van der Waals surface area (Å²) in [5.74, 6) is 1.18. The Morgan fingerprint density at radius 2 is 1.80 bits per heavy atom. The summed E-state index contributed by atoms with van der Waals surface area (Å²) in [6.07, 6.45) is 3.63. The van der Waals surface area contributed by atoms with Crippen LogP contribution in [0, 0.1) is 20.8 Å². The van der Waals surface area contributed by atoms with Gasteiger partial charge in [0.1, 0.15) is 0 Å². The van der Waals surface area contributed by atoms with Gasteiger partial charge in [0.2, 0.25) is 0 Å². The van der Waals surface area contributed by atoms with Gasteiger partial charge in [-0.15, -0.1) is 0 Å². The van der Waals surface area contributed by atoms with Gasteiger partial charge in [-0.05, 0) is 50.9 Å². The van der Waals surface area contributed by atoms with Gasteiger partial charge in [0.25, 0.3) is 0 Å². The van der Waals surface area contributed by atoms with Crippen LogP contribution in [0.5, 0.6) is 0 Å². The molecule has 1 N–H and O–H groups in total. The molecule has 0 amide bonds. The third-order valence-corrected chi connectivity index (χ3v) is 3.61. The van der Waals surface area contributed by atoms with Crippen LogP contribution in [0.1, 0.15) is 35.4 Å². The van der Waals surface area contributed by atoms with Crippen LogP contribution in [0.25, 0.3) is 11.4 Å². The van der Waals surface area contributed by atoms with Gasteiger partial charge in [-0.2, -0.15) is 0 Å². The molecule has 0 radical (unpaired) electrons. The van der Waals surface area contributed by atoms with Gasteiger partial charge in [0.15, 0.2) is 5.82 Å². The first-order chi connectivity index (χ1) is 9.54. The van der Waals surface area contributed by atoms with Crippen molar-refractivity contribution < 1.29 is 0 Å². The monoisotopic (exact) mass is 270 g/mol. The fraction of sp³-hybridized carbons (Fsp3) is 0.438. The molecular formula is C16H22N4. The number of nitrogens with zero attached hydrogens (tertiary/aromatic N) is 3. The van der Waals surface area contributed by atoms with Gasteiger partial charge < -0.3 is 5.32 Å². The standard InChI is InChI=1S/C16H22N4/c1-10-6-7-18-9-14(10)16-19-12(3)15(13(4)20-16)11(2)8-17-5/h6-7,9,11,17H,8H2,1-5H3. The highest BCUT2D eigenvalue weighted by molar-refractivity contribution is 5.59. The number of rotatable bonds is 4. The molecule has 0 aliphatic heterocycles. The Labute approximate surface area is 120 Å². The van der Waals surface area contributed by atoms with Crippen molar-refractivity contribution in [1.82, 2.24) is 20.3 Å². The molecular weight excluding hydrogens is 248 g/mol. The summed E-state index contributed by atoms with van der Waals surface area (Å²) >= 11 is 0. The molecule has 0 saturated carbocycles. The van der Waals surface area contributed by atoms with E-state index in [4.69, 9.17) is 0 Å². The number of pyridine rings is 1. The van der Waals surface area contributed by atoms with Gasteiger partial charge in [-0.3, -0.25) is 4.98 Å². The van der Waals surface area contributed by atoms with Crippen LogP contribution in [0.3, 0.4) is 0 Å². The second-order valence-electron chi connectivity index (χ2n) is 5.28. The van der Waals surface area contributed by atoms with Crippen LogP contribution >= 0.6 is 0 Å². The highest BCUT2D eigenvalue weighted by Crippen LogP contribution is 2.25. The maximum Gasteiger partial charge on any atom is 0.161 e. The fourth-order valence-corrected chi connectivity index (χ4v) is 2.66. The Morgan fingerprint density at radius 1 is 1.15 bits per heavy atom. The lowest BCUT2D eigenvalue weighted by molar-refractivity contribution is 0.663. The van der Waals surface area contributed by atoms with Crippen molar-refractivity contribution in [1.29, 1.82) is 0 Å². The van der Waals surface area contributed by atoms with Crippen LogP contribution in [-0.4, -0.2) is 28.5 Å². The quantitative estimate of drug-likeness (QED) is 0.928. The number of nitrogens with one attached hydrogen (secondary N) is 1. The SMILES string of the molecule is CNCC(C)c1c(C)nc(-c2cnccc2C)nc1C.